The zero-order valence-electron chi connectivity index (χ0n) is 23.7. The van der Waals surface area contributed by atoms with Crippen LogP contribution in [0.15, 0.2) is 36.6 Å². The number of ether oxygens (including phenoxy) is 2. The molecule has 11 nitrogen and oxygen atoms in total. The molecule has 12 heteroatoms. The standard InChI is InChI=1S/C27H43N3O8Si/c1-8-13-36-25(34)28-11-10-12-29(26(35)37-14-9-2)16-18-15-20-21(23(31)30(20)22(18)24(32)33)19(27(3,4)5)17-38-39(6)7/h8-9,19-21,39H,1-2,10-17H2,3-7H3,(H,28,34)(H,32,33)/t19-,20-,21+/m1/s1. The molecule has 3 atom stereocenters. The Morgan fingerprint density at radius 1 is 1.21 bits per heavy atom. The Kier molecular flexibility index (Phi) is 11.8. The van der Waals surface area contributed by atoms with E-state index in [9.17, 15) is 24.3 Å². The van der Waals surface area contributed by atoms with Crippen LogP contribution in [-0.2, 0) is 23.5 Å². The van der Waals surface area contributed by atoms with E-state index in [0.717, 1.165) is 0 Å². The molecule has 39 heavy (non-hydrogen) atoms. The smallest absolute Gasteiger partial charge is 0.410 e. The second kappa shape index (κ2) is 14.3. The number of carbonyl (C=O) groups is 4. The third-order valence-corrected chi connectivity index (χ3v) is 7.69. The molecular weight excluding hydrogens is 522 g/mol. The topological polar surface area (TPSA) is 135 Å². The quantitative estimate of drug-likeness (QED) is 0.134. The van der Waals surface area contributed by atoms with Crippen LogP contribution in [0, 0.1) is 17.3 Å². The molecule has 0 aromatic carbocycles. The summed E-state index contributed by atoms with van der Waals surface area (Å²) < 4.78 is 16.1. The van der Waals surface area contributed by atoms with E-state index in [4.69, 9.17) is 13.9 Å². The van der Waals surface area contributed by atoms with Crippen molar-refractivity contribution in [2.75, 3.05) is 39.5 Å². The van der Waals surface area contributed by atoms with Crippen LogP contribution in [0.4, 0.5) is 9.59 Å². The summed E-state index contributed by atoms with van der Waals surface area (Å²) in [7, 11) is -1.32. The maximum Gasteiger partial charge on any atom is 0.410 e. The average molecular weight is 566 g/mol. The maximum atomic E-state index is 13.4. The number of amides is 3. The number of β-lactam (4-membered cyclic amide) rings is 1. The minimum Gasteiger partial charge on any atom is -0.477 e. The normalized spacial score (nSPS) is 19.2. The fourth-order valence-corrected chi connectivity index (χ4v) is 5.53. The number of carboxylic acid groups (broad SMARTS) is 1. The molecule has 1 fully saturated rings. The first kappa shape index (κ1) is 32.1. The van der Waals surface area contributed by atoms with E-state index in [1.807, 2.05) is 0 Å². The van der Waals surface area contributed by atoms with Crippen LogP contribution in [0.25, 0.3) is 0 Å². The Hall–Kier alpha value is -3.12. The third-order valence-electron chi connectivity index (χ3n) is 6.83. The summed E-state index contributed by atoms with van der Waals surface area (Å²) in [6.45, 7) is 18.3. The number of rotatable bonds is 15. The van der Waals surface area contributed by atoms with Crippen LogP contribution < -0.4 is 5.32 Å². The van der Waals surface area contributed by atoms with Crippen LogP contribution in [0.2, 0.25) is 13.1 Å². The number of alkyl carbamates (subject to hydrolysis) is 1. The molecule has 0 saturated carbocycles. The van der Waals surface area contributed by atoms with E-state index < -0.39 is 27.2 Å². The fourth-order valence-electron chi connectivity index (χ4n) is 4.94. The van der Waals surface area contributed by atoms with Gasteiger partial charge in [-0.15, -0.1) is 0 Å². The minimum atomic E-state index is -1.32. The molecule has 0 aromatic heterocycles. The van der Waals surface area contributed by atoms with Gasteiger partial charge in [0.05, 0.1) is 12.0 Å². The molecule has 1 saturated heterocycles. The second-order valence-electron chi connectivity index (χ2n) is 11.1. The van der Waals surface area contributed by atoms with Gasteiger partial charge in [0.25, 0.3) is 0 Å². The van der Waals surface area contributed by atoms with Gasteiger partial charge in [-0.25, -0.2) is 14.4 Å². The Labute approximate surface area is 232 Å². The van der Waals surface area contributed by atoms with Gasteiger partial charge in [0.15, 0.2) is 9.04 Å². The van der Waals surface area contributed by atoms with Gasteiger partial charge in [-0.2, -0.15) is 0 Å². The number of nitrogens with zero attached hydrogens (tertiary/aromatic N) is 2. The van der Waals surface area contributed by atoms with E-state index in [1.165, 1.54) is 22.0 Å². The molecule has 218 valence electrons. The van der Waals surface area contributed by atoms with Gasteiger partial charge in [-0.1, -0.05) is 46.1 Å². The summed E-state index contributed by atoms with van der Waals surface area (Å²) in [4.78, 5) is 52.9. The zero-order chi connectivity index (χ0) is 29.3. The number of carbonyl (C=O) groups excluding carboxylic acids is 3. The molecule has 0 aromatic rings. The molecule has 3 amide bonds. The van der Waals surface area contributed by atoms with Crippen LogP contribution in [-0.4, -0.2) is 93.5 Å². The lowest BCUT2D eigenvalue weighted by molar-refractivity contribution is -0.162. The van der Waals surface area contributed by atoms with Gasteiger partial charge in [0, 0.05) is 26.2 Å². The van der Waals surface area contributed by atoms with Crippen molar-refractivity contribution in [3.05, 3.63) is 36.6 Å². The molecule has 0 bridgehead atoms. The molecule has 2 aliphatic rings. The van der Waals surface area contributed by atoms with E-state index >= 15 is 0 Å². The predicted octanol–water partition coefficient (Wildman–Crippen LogP) is 3.15. The van der Waals surface area contributed by atoms with E-state index in [1.54, 1.807) is 0 Å². The molecular formula is C27H43N3O8Si. The van der Waals surface area contributed by atoms with Gasteiger partial charge in [-0.05, 0) is 42.8 Å². The van der Waals surface area contributed by atoms with Crippen molar-refractivity contribution in [2.24, 2.45) is 17.3 Å². The lowest BCUT2D eigenvalue weighted by atomic mass is 9.66. The Balaban J connectivity index is 2.19. The van der Waals surface area contributed by atoms with Gasteiger partial charge in [0.2, 0.25) is 5.91 Å². The summed E-state index contributed by atoms with van der Waals surface area (Å²) in [6.07, 6.45) is 2.37. The third kappa shape index (κ3) is 8.43. The number of carboxylic acids is 1. The monoisotopic (exact) mass is 565 g/mol. The zero-order valence-corrected chi connectivity index (χ0v) is 24.9. The lowest BCUT2D eigenvalue weighted by Crippen LogP contribution is -2.63. The molecule has 0 unspecified atom stereocenters. The molecule has 0 aliphatic carbocycles. The number of hydrogen-bond donors (Lipinski definition) is 2. The minimum absolute atomic E-state index is 0.00592. The average Bonchev–Trinajstić information content (AvgIpc) is 3.19. The van der Waals surface area contributed by atoms with Crippen molar-refractivity contribution in [1.82, 2.24) is 15.1 Å². The number of fused-ring (bicyclic) bond motifs is 1. The maximum absolute atomic E-state index is 13.4. The fraction of sp³-hybridized carbons (Fsp3) is 0.630. The first-order valence-electron chi connectivity index (χ1n) is 13.3. The van der Waals surface area contributed by atoms with Crippen molar-refractivity contribution >= 4 is 33.1 Å². The largest absolute Gasteiger partial charge is 0.477 e. The van der Waals surface area contributed by atoms with E-state index in [2.05, 4.69) is 52.3 Å². The summed E-state index contributed by atoms with van der Waals surface area (Å²) in [6, 6.07) is -0.299. The van der Waals surface area contributed by atoms with Gasteiger partial charge < -0.3 is 34.1 Å². The Morgan fingerprint density at radius 3 is 2.41 bits per heavy atom. The highest BCUT2D eigenvalue weighted by molar-refractivity contribution is 6.48. The van der Waals surface area contributed by atoms with E-state index in [0.29, 0.717) is 25.0 Å². The first-order valence-corrected chi connectivity index (χ1v) is 16.1. The molecule has 0 radical (unpaired) electrons. The van der Waals surface area contributed by atoms with Crippen LogP contribution >= 0.6 is 0 Å². The van der Waals surface area contributed by atoms with Gasteiger partial charge in [-0.3, -0.25) is 4.79 Å². The van der Waals surface area contributed by atoms with Crippen LogP contribution in [0.1, 0.15) is 33.6 Å². The molecule has 0 spiro atoms. The SMILES string of the molecule is C=CCOC(=O)NCCCN(CC1=C(C(=O)O)N2C(=O)[C@@H]([C@@H](CO[SiH](C)C)C(C)(C)C)[C@H]2C1)C(=O)OCC=C. The van der Waals surface area contributed by atoms with Crippen molar-refractivity contribution in [1.29, 1.82) is 0 Å². The van der Waals surface area contributed by atoms with Gasteiger partial charge in [0.1, 0.15) is 18.9 Å². The van der Waals surface area contributed by atoms with Crippen molar-refractivity contribution in [3.63, 3.8) is 0 Å². The predicted molar refractivity (Wildman–Crippen MR) is 148 cm³/mol. The second-order valence-corrected chi connectivity index (χ2v) is 13.5. The molecule has 2 heterocycles. The summed E-state index contributed by atoms with van der Waals surface area (Å²) >= 11 is 0. The highest BCUT2D eigenvalue weighted by Crippen LogP contribution is 2.49. The van der Waals surface area contributed by atoms with Crippen LogP contribution in [0.3, 0.4) is 0 Å². The number of hydrogen-bond acceptors (Lipinski definition) is 7. The summed E-state index contributed by atoms with van der Waals surface area (Å²) in [5, 5.41) is 12.6. The van der Waals surface area contributed by atoms with Crippen molar-refractivity contribution < 1.29 is 38.2 Å². The molecule has 2 rings (SSSR count). The molecule has 2 aliphatic heterocycles. The summed E-state index contributed by atoms with van der Waals surface area (Å²) in [5.41, 5.74) is 0.201. The molecule has 2 N–H and O–H groups in total. The van der Waals surface area contributed by atoms with Crippen LogP contribution in [0.5, 0.6) is 0 Å². The number of aliphatic carboxylic acids is 1. The Bertz CT molecular complexity index is 975. The summed E-state index contributed by atoms with van der Waals surface area (Å²) in [5.74, 6) is -1.86. The number of nitrogens with one attached hydrogen (secondary N) is 1. The highest BCUT2D eigenvalue weighted by Gasteiger charge is 2.59. The first-order chi connectivity index (χ1) is 18.3. The highest BCUT2D eigenvalue weighted by atomic mass is 28.3. The van der Waals surface area contributed by atoms with Crippen molar-refractivity contribution in [3.8, 4) is 0 Å². The van der Waals surface area contributed by atoms with Gasteiger partial charge >= 0.3 is 18.2 Å². The Morgan fingerprint density at radius 2 is 1.85 bits per heavy atom. The van der Waals surface area contributed by atoms with Crippen molar-refractivity contribution in [2.45, 2.75) is 52.7 Å². The van der Waals surface area contributed by atoms with E-state index in [-0.39, 0.29) is 67.7 Å². The lowest BCUT2D eigenvalue weighted by Gasteiger charge is -2.50.